The summed E-state index contributed by atoms with van der Waals surface area (Å²) in [6.45, 7) is 5.06. The number of morpholine rings is 1. The van der Waals surface area contributed by atoms with Crippen molar-refractivity contribution in [2.24, 2.45) is 0 Å². The monoisotopic (exact) mass is 274 g/mol. The highest BCUT2D eigenvalue weighted by molar-refractivity contribution is 5.75. The molecule has 2 amide bonds. The molecular weight excluding hydrogens is 252 g/mol. The Kier molecular flexibility index (Phi) is 6.04. The van der Waals surface area contributed by atoms with Crippen LogP contribution in [0.3, 0.4) is 0 Å². The number of hydrogen-bond donors (Lipinski definition) is 3. The van der Waals surface area contributed by atoms with E-state index in [2.05, 4.69) is 5.32 Å². The summed E-state index contributed by atoms with van der Waals surface area (Å²) < 4.78 is 5.50. The molecule has 1 aliphatic rings. The van der Waals surface area contributed by atoms with Crippen LogP contribution in [0.1, 0.15) is 26.7 Å². The van der Waals surface area contributed by atoms with E-state index in [0.29, 0.717) is 13.2 Å². The Morgan fingerprint density at radius 2 is 2.21 bits per heavy atom. The molecule has 0 aromatic rings. The van der Waals surface area contributed by atoms with E-state index in [9.17, 15) is 9.59 Å². The quantitative estimate of drug-likeness (QED) is 0.657. The molecule has 3 atom stereocenters. The van der Waals surface area contributed by atoms with E-state index in [1.165, 1.54) is 0 Å². The molecular formula is C12H22N2O5. The number of amides is 2. The lowest BCUT2D eigenvalue weighted by molar-refractivity contribution is -0.146. The lowest BCUT2D eigenvalue weighted by Crippen LogP contribution is -2.54. The van der Waals surface area contributed by atoms with E-state index in [1.54, 1.807) is 4.90 Å². The molecule has 0 spiro atoms. The van der Waals surface area contributed by atoms with Gasteiger partial charge in [-0.05, 0) is 13.3 Å². The van der Waals surface area contributed by atoms with E-state index in [-0.39, 0.29) is 31.1 Å². The van der Waals surface area contributed by atoms with Gasteiger partial charge in [-0.25, -0.2) is 9.59 Å². The van der Waals surface area contributed by atoms with Crippen molar-refractivity contribution < 1.29 is 24.5 Å². The van der Waals surface area contributed by atoms with Gasteiger partial charge in [0.05, 0.1) is 18.8 Å². The predicted molar refractivity (Wildman–Crippen MR) is 67.9 cm³/mol. The van der Waals surface area contributed by atoms with E-state index < -0.39 is 12.1 Å². The van der Waals surface area contributed by atoms with E-state index in [0.717, 1.165) is 6.42 Å². The van der Waals surface area contributed by atoms with Crippen molar-refractivity contribution in [2.45, 2.75) is 44.9 Å². The minimum absolute atomic E-state index is 0.00170. The molecule has 1 saturated heterocycles. The highest BCUT2D eigenvalue weighted by Crippen LogP contribution is 2.14. The number of carboxylic acids is 1. The molecule has 7 heteroatoms. The minimum Gasteiger partial charge on any atom is -0.479 e. The van der Waals surface area contributed by atoms with Gasteiger partial charge in [-0.3, -0.25) is 0 Å². The number of hydrogen-bond acceptors (Lipinski definition) is 4. The van der Waals surface area contributed by atoms with Crippen LogP contribution in [-0.4, -0.2) is 65.1 Å². The third-order valence-electron chi connectivity index (χ3n) is 3.18. The molecule has 110 valence electrons. The maximum atomic E-state index is 12.0. The molecule has 1 heterocycles. The molecule has 0 radical (unpaired) electrons. The molecule has 1 fully saturated rings. The van der Waals surface area contributed by atoms with Crippen molar-refractivity contribution in [3.8, 4) is 0 Å². The van der Waals surface area contributed by atoms with Gasteiger partial charge in [0.15, 0.2) is 6.10 Å². The van der Waals surface area contributed by atoms with Crippen molar-refractivity contribution in [1.29, 1.82) is 0 Å². The second-order valence-corrected chi connectivity index (χ2v) is 4.73. The van der Waals surface area contributed by atoms with Crippen LogP contribution >= 0.6 is 0 Å². The van der Waals surface area contributed by atoms with Gasteiger partial charge in [0.1, 0.15) is 0 Å². The highest BCUT2D eigenvalue weighted by atomic mass is 16.5. The Balaban J connectivity index is 2.40. The number of nitrogens with one attached hydrogen (secondary N) is 1. The van der Waals surface area contributed by atoms with Crippen molar-refractivity contribution in [1.82, 2.24) is 10.2 Å². The zero-order valence-electron chi connectivity index (χ0n) is 11.3. The number of ether oxygens (including phenoxy) is 1. The van der Waals surface area contributed by atoms with Crippen LogP contribution in [0, 0.1) is 0 Å². The summed E-state index contributed by atoms with van der Waals surface area (Å²) in [4.78, 5) is 24.1. The summed E-state index contributed by atoms with van der Waals surface area (Å²) in [6, 6.07) is -0.194. The topological polar surface area (TPSA) is 99.1 Å². The molecule has 0 aromatic carbocycles. The lowest BCUT2D eigenvalue weighted by Gasteiger charge is -2.38. The van der Waals surface area contributed by atoms with Crippen LogP contribution in [-0.2, 0) is 9.53 Å². The lowest BCUT2D eigenvalue weighted by atomic mass is 10.1. The predicted octanol–water partition coefficient (Wildman–Crippen LogP) is 0.0309. The Morgan fingerprint density at radius 3 is 2.79 bits per heavy atom. The first kappa shape index (κ1) is 15.7. The average Bonchev–Trinajstić information content (AvgIpc) is 2.38. The van der Waals surface area contributed by atoms with Gasteiger partial charge in [-0.2, -0.15) is 0 Å². The zero-order valence-corrected chi connectivity index (χ0v) is 11.3. The summed E-state index contributed by atoms with van der Waals surface area (Å²) in [7, 11) is 0. The number of carbonyl (C=O) groups excluding carboxylic acids is 1. The summed E-state index contributed by atoms with van der Waals surface area (Å²) in [6.07, 6.45) is -0.639. The van der Waals surface area contributed by atoms with Gasteiger partial charge in [-0.15, -0.1) is 0 Å². The van der Waals surface area contributed by atoms with Crippen molar-refractivity contribution in [3.05, 3.63) is 0 Å². The van der Waals surface area contributed by atoms with Gasteiger partial charge in [0.25, 0.3) is 0 Å². The molecule has 1 aliphatic heterocycles. The highest BCUT2D eigenvalue weighted by Gasteiger charge is 2.29. The van der Waals surface area contributed by atoms with E-state index >= 15 is 0 Å². The summed E-state index contributed by atoms with van der Waals surface area (Å²) in [5, 5.41) is 20.3. The van der Waals surface area contributed by atoms with Crippen molar-refractivity contribution >= 4 is 12.0 Å². The molecule has 19 heavy (non-hydrogen) atoms. The molecule has 0 saturated carbocycles. The van der Waals surface area contributed by atoms with Gasteiger partial charge in [0.2, 0.25) is 0 Å². The molecule has 3 N–H and O–H groups in total. The second kappa shape index (κ2) is 7.30. The number of rotatable bonds is 5. The third kappa shape index (κ3) is 4.68. The summed E-state index contributed by atoms with van der Waals surface area (Å²) >= 11 is 0. The van der Waals surface area contributed by atoms with Gasteiger partial charge >= 0.3 is 12.0 Å². The fourth-order valence-electron chi connectivity index (χ4n) is 1.97. The Hall–Kier alpha value is -1.34. The zero-order chi connectivity index (χ0) is 14.4. The smallest absolute Gasteiger partial charge is 0.332 e. The summed E-state index contributed by atoms with van der Waals surface area (Å²) in [5.41, 5.74) is 0. The van der Waals surface area contributed by atoms with Crippen molar-refractivity contribution in [3.63, 3.8) is 0 Å². The van der Waals surface area contributed by atoms with Crippen LogP contribution in [0.4, 0.5) is 4.79 Å². The SMILES string of the molecule is CCC1COC(C)CN1C(=O)NCC[C@H](O)C(=O)O. The van der Waals surface area contributed by atoms with Crippen LogP contribution in [0.15, 0.2) is 0 Å². The fourth-order valence-corrected chi connectivity index (χ4v) is 1.97. The average molecular weight is 274 g/mol. The fraction of sp³-hybridized carbons (Fsp3) is 0.833. The first-order valence-electron chi connectivity index (χ1n) is 6.52. The maximum absolute atomic E-state index is 12.0. The number of carbonyl (C=O) groups is 2. The number of aliphatic hydroxyl groups excluding tert-OH is 1. The largest absolute Gasteiger partial charge is 0.479 e. The van der Waals surface area contributed by atoms with Gasteiger partial charge in [0, 0.05) is 19.5 Å². The number of aliphatic hydroxyl groups is 1. The maximum Gasteiger partial charge on any atom is 0.332 e. The number of urea groups is 1. The number of carboxylic acid groups (broad SMARTS) is 1. The standard InChI is InChI=1S/C12H22N2O5/c1-3-9-7-19-8(2)6-14(9)12(18)13-5-4-10(15)11(16)17/h8-10,15H,3-7H2,1-2H3,(H,13,18)(H,16,17)/t8?,9?,10-/m0/s1. The Bertz CT molecular complexity index is 323. The normalized spacial score (nSPS) is 24.9. The Morgan fingerprint density at radius 1 is 1.53 bits per heavy atom. The molecule has 7 nitrogen and oxygen atoms in total. The van der Waals surface area contributed by atoms with Crippen LogP contribution in [0.25, 0.3) is 0 Å². The van der Waals surface area contributed by atoms with Crippen LogP contribution in [0.5, 0.6) is 0 Å². The second-order valence-electron chi connectivity index (χ2n) is 4.73. The minimum atomic E-state index is -1.44. The first-order valence-corrected chi connectivity index (χ1v) is 6.52. The Labute approximate surface area is 112 Å². The molecule has 0 aromatic heterocycles. The molecule has 2 unspecified atom stereocenters. The van der Waals surface area contributed by atoms with Crippen molar-refractivity contribution in [2.75, 3.05) is 19.7 Å². The van der Waals surface area contributed by atoms with E-state index in [1.807, 2.05) is 13.8 Å². The van der Waals surface area contributed by atoms with Gasteiger partial charge in [-0.1, -0.05) is 6.92 Å². The van der Waals surface area contributed by atoms with Gasteiger partial charge < -0.3 is 25.2 Å². The molecule has 0 aliphatic carbocycles. The third-order valence-corrected chi connectivity index (χ3v) is 3.18. The molecule has 0 bridgehead atoms. The van der Waals surface area contributed by atoms with Crippen LogP contribution in [0.2, 0.25) is 0 Å². The van der Waals surface area contributed by atoms with Crippen LogP contribution < -0.4 is 5.32 Å². The van der Waals surface area contributed by atoms with E-state index in [4.69, 9.17) is 14.9 Å². The summed E-state index contributed by atoms with van der Waals surface area (Å²) in [5.74, 6) is -1.28. The molecule has 1 rings (SSSR count). The number of aliphatic carboxylic acids is 1. The first-order chi connectivity index (χ1) is 8.95. The number of nitrogens with zero attached hydrogens (tertiary/aromatic N) is 1.